The molecule has 0 radical (unpaired) electrons. The molecule has 0 saturated heterocycles. The van der Waals surface area contributed by atoms with Crippen molar-refractivity contribution in [3.05, 3.63) is 35.9 Å². The molecule has 15 heavy (non-hydrogen) atoms. The van der Waals surface area contributed by atoms with Crippen LogP contribution in [-0.4, -0.2) is 16.8 Å². The van der Waals surface area contributed by atoms with Crippen molar-refractivity contribution in [2.24, 2.45) is 0 Å². The molecule has 1 aliphatic heterocycles. The third kappa shape index (κ3) is 2.42. The summed E-state index contributed by atoms with van der Waals surface area (Å²) in [6, 6.07) is 8.01. The van der Waals surface area contributed by atoms with E-state index >= 15 is 0 Å². The van der Waals surface area contributed by atoms with Crippen LogP contribution in [0.25, 0.3) is 5.57 Å². The van der Waals surface area contributed by atoms with Gasteiger partial charge in [0.25, 0.3) is 0 Å². The minimum Gasteiger partial charge on any atom is -0.478 e. The number of carbonyl (C=O) groups is 1. The van der Waals surface area contributed by atoms with E-state index < -0.39 is 5.97 Å². The van der Waals surface area contributed by atoms with Crippen LogP contribution < -0.4 is 0 Å². The molecule has 1 aromatic rings. The van der Waals surface area contributed by atoms with Gasteiger partial charge in [-0.25, -0.2) is 4.79 Å². The summed E-state index contributed by atoms with van der Waals surface area (Å²) < 4.78 is 0. The Kier molecular flexibility index (Phi) is 3.11. The Labute approximate surface area is 93.0 Å². The number of hydrogen-bond acceptors (Lipinski definition) is 2. The summed E-state index contributed by atoms with van der Waals surface area (Å²) in [5.41, 5.74) is 2.03. The second-order valence-corrected chi connectivity index (χ2v) is 4.59. The highest BCUT2D eigenvalue weighted by Gasteiger charge is 2.12. The highest BCUT2D eigenvalue weighted by molar-refractivity contribution is 7.99. The lowest BCUT2D eigenvalue weighted by atomic mass is 10.0. The summed E-state index contributed by atoms with van der Waals surface area (Å²) in [7, 11) is 0. The maximum atomic E-state index is 10.7. The number of thioether (sulfide) groups is 1. The van der Waals surface area contributed by atoms with E-state index in [1.807, 2.05) is 18.2 Å². The molecule has 0 amide bonds. The van der Waals surface area contributed by atoms with Crippen molar-refractivity contribution in [3.8, 4) is 0 Å². The molecule has 78 valence electrons. The van der Waals surface area contributed by atoms with Crippen LogP contribution in [0, 0.1) is 0 Å². The molecular formula is C12H12O2S. The minimum absolute atomic E-state index is 0.855. The van der Waals surface area contributed by atoms with Gasteiger partial charge in [-0.3, -0.25) is 0 Å². The quantitative estimate of drug-likeness (QED) is 0.739. The lowest BCUT2D eigenvalue weighted by Crippen LogP contribution is -1.93. The number of rotatable bonds is 1. The topological polar surface area (TPSA) is 37.3 Å². The van der Waals surface area contributed by atoms with Crippen molar-refractivity contribution in [3.63, 3.8) is 0 Å². The molecule has 3 heteroatoms. The number of fused-ring (bicyclic) bond motifs is 1. The van der Waals surface area contributed by atoms with Gasteiger partial charge in [0.1, 0.15) is 0 Å². The predicted octanol–water partition coefficient (Wildman–Crippen LogP) is 3.04. The van der Waals surface area contributed by atoms with Crippen LogP contribution in [0.5, 0.6) is 0 Å². The lowest BCUT2D eigenvalue weighted by Gasteiger charge is -2.06. The van der Waals surface area contributed by atoms with Gasteiger partial charge in [0.15, 0.2) is 0 Å². The summed E-state index contributed by atoms with van der Waals surface area (Å²) in [5, 5.41) is 8.80. The predicted molar refractivity (Wildman–Crippen MR) is 62.0 cm³/mol. The highest BCUT2D eigenvalue weighted by atomic mass is 32.2. The minimum atomic E-state index is -0.855. The molecule has 0 bridgehead atoms. The fourth-order valence-corrected chi connectivity index (χ4v) is 2.77. The van der Waals surface area contributed by atoms with E-state index in [1.54, 1.807) is 11.8 Å². The van der Waals surface area contributed by atoms with Gasteiger partial charge < -0.3 is 5.11 Å². The van der Waals surface area contributed by atoms with E-state index in [2.05, 4.69) is 6.07 Å². The summed E-state index contributed by atoms with van der Waals surface area (Å²) in [5.74, 6) is 0.209. The standard InChI is InChI=1S/C12H12O2S/c13-12(14)8-9-4-3-7-15-11-6-2-1-5-10(9)11/h1-2,5-6,8H,3-4,7H2,(H,13,14)/b9-8+. The van der Waals surface area contributed by atoms with Gasteiger partial charge in [0, 0.05) is 11.0 Å². The van der Waals surface area contributed by atoms with Crippen LogP contribution >= 0.6 is 11.8 Å². The number of hydrogen-bond donors (Lipinski definition) is 1. The van der Waals surface area contributed by atoms with E-state index in [1.165, 1.54) is 11.0 Å². The van der Waals surface area contributed by atoms with Crippen molar-refractivity contribution in [2.75, 3.05) is 5.75 Å². The second-order valence-electron chi connectivity index (χ2n) is 3.46. The van der Waals surface area contributed by atoms with Gasteiger partial charge >= 0.3 is 5.97 Å². The van der Waals surface area contributed by atoms with Crippen LogP contribution in [0.4, 0.5) is 0 Å². The first-order valence-electron chi connectivity index (χ1n) is 4.93. The van der Waals surface area contributed by atoms with Gasteiger partial charge in [0.05, 0.1) is 0 Å². The Bertz CT molecular complexity index is 410. The van der Waals surface area contributed by atoms with E-state index in [9.17, 15) is 4.79 Å². The van der Waals surface area contributed by atoms with Crippen molar-refractivity contribution >= 4 is 23.3 Å². The third-order valence-electron chi connectivity index (χ3n) is 2.38. The molecule has 0 atom stereocenters. The van der Waals surface area contributed by atoms with Crippen molar-refractivity contribution in [1.82, 2.24) is 0 Å². The van der Waals surface area contributed by atoms with Crippen molar-refractivity contribution in [2.45, 2.75) is 17.7 Å². The molecule has 0 aromatic heterocycles. The Morgan fingerprint density at radius 1 is 1.40 bits per heavy atom. The molecule has 0 spiro atoms. The molecule has 0 saturated carbocycles. The third-order valence-corrected chi connectivity index (χ3v) is 3.54. The van der Waals surface area contributed by atoms with Crippen LogP contribution in [0.15, 0.2) is 35.2 Å². The van der Waals surface area contributed by atoms with Gasteiger partial charge in [0.2, 0.25) is 0 Å². The first kappa shape index (κ1) is 10.3. The van der Waals surface area contributed by atoms with Gasteiger partial charge in [-0.1, -0.05) is 18.2 Å². The fourth-order valence-electron chi connectivity index (χ4n) is 1.74. The number of carboxylic acid groups (broad SMARTS) is 1. The van der Waals surface area contributed by atoms with Crippen molar-refractivity contribution < 1.29 is 9.90 Å². The number of allylic oxidation sites excluding steroid dienone is 1. The van der Waals surface area contributed by atoms with Crippen LogP contribution in [0.1, 0.15) is 18.4 Å². The molecule has 0 aliphatic carbocycles. The number of carboxylic acids is 1. The smallest absolute Gasteiger partial charge is 0.328 e. The second kappa shape index (κ2) is 4.53. The van der Waals surface area contributed by atoms with Gasteiger partial charge in [-0.15, -0.1) is 11.8 Å². The monoisotopic (exact) mass is 220 g/mol. The fraction of sp³-hybridized carbons (Fsp3) is 0.250. The molecule has 1 aromatic carbocycles. The Morgan fingerprint density at radius 2 is 2.20 bits per heavy atom. The van der Waals surface area contributed by atoms with E-state index in [-0.39, 0.29) is 0 Å². The maximum absolute atomic E-state index is 10.7. The van der Waals surface area contributed by atoms with Gasteiger partial charge in [-0.2, -0.15) is 0 Å². The molecule has 0 fully saturated rings. The largest absolute Gasteiger partial charge is 0.478 e. The Hall–Kier alpha value is -1.22. The summed E-state index contributed by atoms with van der Waals surface area (Å²) in [6.07, 6.45) is 3.24. The summed E-state index contributed by atoms with van der Waals surface area (Å²) >= 11 is 1.81. The summed E-state index contributed by atoms with van der Waals surface area (Å²) in [4.78, 5) is 11.9. The highest BCUT2D eigenvalue weighted by Crippen LogP contribution is 2.34. The van der Waals surface area contributed by atoms with E-state index in [0.29, 0.717) is 0 Å². The Balaban J connectivity index is 2.46. The molecule has 1 heterocycles. The maximum Gasteiger partial charge on any atom is 0.328 e. The normalized spacial score (nSPS) is 18.3. The lowest BCUT2D eigenvalue weighted by molar-refractivity contribution is -0.131. The molecule has 1 N–H and O–H groups in total. The zero-order chi connectivity index (χ0) is 10.7. The number of benzene rings is 1. The zero-order valence-corrected chi connectivity index (χ0v) is 9.09. The van der Waals surface area contributed by atoms with Crippen LogP contribution in [0.3, 0.4) is 0 Å². The zero-order valence-electron chi connectivity index (χ0n) is 8.27. The molecule has 1 aliphatic rings. The molecule has 0 unspecified atom stereocenters. The Morgan fingerprint density at radius 3 is 3.00 bits per heavy atom. The van der Waals surface area contributed by atoms with Gasteiger partial charge in [-0.05, 0) is 35.8 Å². The van der Waals surface area contributed by atoms with E-state index in [0.717, 1.165) is 29.7 Å². The number of aliphatic carboxylic acids is 1. The van der Waals surface area contributed by atoms with Crippen LogP contribution in [-0.2, 0) is 4.79 Å². The molecule has 2 rings (SSSR count). The molecular weight excluding hydrogens is 208 g/mol. The SMILES string of the molecule is O=C(O)/C=C1\CCCSc2ccccc21. The summed E-state index contributed by atoms with van der Waals surface area (Å²) in [6.45, 7) is 0. The average Bonchev–Trinajstić information content (AvgIpc) is 2.41. The van der Waals surface area contributed by atoms with E-state index in [4.69, 9.17) is 5.11 Å². The first-order valence-corrected chi connectivity index (χ1v) is 5.91. The first-order chi connectivity index (χ1) is 7.27. The molecule has 2 nitrogen and oxygen atoms in total. The van der Waals surface area contributed by atoms with Crippen LogP contribution in [0.2, 0.25) is 0 Å². The van der Waals surface area contributed by atoms with Crippen molar-refractivity contribution in [1.29, 1.82) is 0 Å². The average molecular weight is 220 g/mol.